The number of aliphatic hydroxyl groups excluding tert-OH is 1. The van der Waals surface area contributed by atoms with E-state index in [0.717, 1.165) is 5.56 Å². The molecule has 1 aliphatic rings. The number of aliphatic hydroxyl groups is 1. The van der Waals surface area contributed by atoms with Gasteiger partial charge in [0.25, 0.3) is 0 Å². The lowest BCUT2D eigenvalue weighted by Crippen LogP contribution is -2.56. The van der Waals surface area contributed by atoms with Crippen molar-refractivity contribution in [3.63, 3.8) is 0 Å². The number of esters is 1. The van der Waals surface area contributed by atoms with E-state index in [9.17, 15) is 24.3 Å². The van der Waals surface area contributed by atoms with Crippen LogP contribution in [0.2, 0.25) is 0 Å². The number of rotatable bonds is 11. The normalized spacial score (nSPS) is 15.5. The molecule has 0 radical (unpaired) electrons. The van der Waals surface area contributed by atoms with E-state index in [2.05, 4.69) is 10.6 Å². The zero-order valence-electron chi connectivity index (χ0n) is 25.3. The first-order valence-electron chi connectivity index (χ1n) is 14.2. The van der Waals surface area contributed by atoms with E-state index >= 15 is 0 Å². The Morgan fingerprint density at radius 1 is 0.833 bits per heavy atom. The summed E-state index contributed by atoms with van der Waals surface area (Å²) in [6, 6.07) is 14.2. The van der Waals surface area contributed by atoms with Crippen LogP contribution in [-0.2, 0) is 30.3 Å². The number of carbonyl (C=O) groups is 4. The number of alkyl carbamates (subject to hydrolysis) is 1. The van der Waals surface area contributed by atoms with Crippen LogP contribution < -0.4 is 10.6 Å². The average molecular weight is 582 g/mol. The monoisotopic (exact) mass is 581 g/mol. The molecule has 0 bridgehead atoms. The zero-order valence-corrected chi connectivity index (χ0v) is 25.3. The zero-order chi connectivity index (χ0) is 31.1. The van der Waals surface area contributed by atoms with Crippen molar-refractivity contribution in [1.29, 1.82) is 0 Å². The highest BCUT2D eigenvalue weighted by Gasteiger charge is 2.44. The van der Waals surface area contributed by atoms with Crippen molar-refractivity contribution in [2.24, 2.45) is 0 Å². The Hall–Kier alpha value is -3.92. The predicted molar refractivity (Wildman–Crippen MR) is 157 cm³/mol. The van der Waals surface area contributed by atoms with Crippen LogP contribution in [0.3, 0.4) is 0 Å². The number of nitrogens with one attached hydrogen (secondary N) is 2. The second-order valence-corrected chi connectivity index (χ2v) is 12.5. The summed E-state index contributed by atoms with van der Waals surface area (Å²) < 4.78 is 10.9. The van der Waals surface area contributed by atoms with Crippen LogP contribution in [0.15, 0.2) is 60.7 Å². The molecule has 1 saturated carbocycles. The Morgan fingerprint density at radius 2 is 1.38 bits per heavy atom. The number of benzene rings is 2. The topological polar surface area (TPSA) is 134 Å². The number of hydrogen-bond donors (Lipinski definition) is 3. The molecule has 0 spiro atoms. The van der Waals surface area contributed by atoms with Gasteiger partial charge in [-0.1, -0.05) is 60.7 Å². The number of ether oxygens (including phenoxy) is 2. The Bertz CT molecular complexity index is 1220. The van der Waals surface area contributed by atoms with Crippen molar-refractivity contribution in [1.82, 2.24) is 15.5 Å². The van der Waals surface area contributed by atoms with E-state index in [1.54, 1.807) is 71.9 Å². The van der Waals surface area contributed by atoms with Crippen LogP contribution in [-0.4, -0.2) is 69.8 Å². The molecular weight excluding hydrogens is 538 g/mol. The van der Waals surface area contributed by atoms with Gasteiger partial charge < -0.3 is 30.1 Å². The Morgan fingerprint density at radius 3 is 1.88 bits per heavy atom. The lowest BCUT2D eigenvalue weighted by Gasteiger charge is -2.35. The molecular formula is C32H43N3O7. The van der Waals surface area contributed by atoms with Crippen LogP contribution in [0, 0.1) is 0 Å². The molecule has 2 aromatic rings. The van der Waals surface area contributed by atoms with Gasteiger partial charge in [-0.25, -0.2) is 9.59 Å². The van der Waals surface area contributed by atoms with E-state index in [0.29, 0.717) is 18.4 Å². The summed E-state index contributed by atoms with van der Waals surface area (Å²) in [5.74, 6) is -1.82. The van der Waals surface area contributed by atoms with Gasteiger partial charge in [0.15, 0.2) is 0 Å². The minimum atomic E-state index is -1.34. The molecule has 1 aliphatic carbocycles. The van der Waals surface area contributed by atoms with Gasteiger partial charge in [-0.05, 0) is 65.5 Å². The van der Waals surface area contributed by atoms with Crippen molar-refractivity contribution >= 4 is 23.9 Å². The second kappa shape index (κ2) is 13.8. The summed E-state index contributed by atoms with van der Waals surface area (Å²) in [5.41, 5.74) is -0.257. The van der Waals surface area contributed by atoms with Gasteiger partial charge in [-0.3, -0.25) is 9.59 Å². The molecule has 3 rings (SSSR count). The summed E-state index contributed by atoms with van der Waals surface area (Å²) in [4.78, 5) is 55.2. The molecule has 2 aromatic carbocycles. The molecule has 0 aliphatic heterocycles. The van der Waals surface area contributed by atoms with Crippen LogP contribution in [0.25, 0.3) is 0 Å². The van der Waals surface area contributed by atoms with E-state index in [4.69, 9.17) is 9.47 Å². The number of hydrogen-bond acceptors (Lipinski definition) is 7. The fourth-order valence-corrected chi connectivity index (χ4v) is 4.43. The largest absolute Gasteiger partial charge is 0.458 e. The van der Waals surface area contributed by atoms with Crippen LogP contribution in [0.1, 0.15) is 71.6 Å². The summed E-state index contributed by atoms with van der Waals surface area (Å²) in [5, 5.41) is 15.4. The van der Waals surface area contributed by atoms with Gasteiger partial charge >= 0.3 is 12.1 Å². The Balaban J connectivity index is 1.95. The van der Waals surface area contributed by atoms with E-state index in [-0.39, 0.29) is 12.5 Å². The smallest absolute Gasteiger partial charge is 0.408 e. The first-order chi connectivity index (χ1) is 19.7. The SMILES string of the molecule is CC(C)(C)OC(=O)NC(CO)C(=O)N(C1CC1)C(C(=O)NC(Cc1ccccc1)C(=O)OC(C)(C)C)c1ccccc1. The molecule has 3 N–H and O–H groups in total. The Kier molecular flexibility index (Phi) is 10.7. The van der Waals surface area contributed by atoms with Gasteiger partial charge in [-0.15, -0.1) is 0 Å². The highest BCUT2D eigenvalue weighted by molar-refractivity contribution is 5.94. The molecule has 1 fully saturated rings. The van der Waals surface area contributed by atoms with E-state index in [1.807, 2.05) is 30.3 Å². The summed E-state index contributed by atoms with van der Waals surface area (Å²) in [7, 11) is 0. The van der Waals surface area contributed by atoms with Crippen LogP contribution in [0.5, 0.6) is 0 Å². The predicted octanol–water partition coefficient (Wildman–Crippen LogP) is 3.67. The fourth-order valence-electron chi connectivity index (χ4n) is 4.43. The molecule has 42 heavy (non-hydrogen) atoms. The fraction of sp³-hybridized carbons (Fsp3) is 0.500. The molecule has 3 amide bonds. The lowest BCUT2D eigenvalue weighted by molar-refractivity contribution is -0.159. The van der Waals surface area contributed by atoms with E-state index in [1.165, 1.54) is 4.90 Å². The standard InChI is InChI=1S/C32H43N3O7/c1-31(2,3)41-29(39)24(19-21-13-9-7-10-14-21)33-27(37)26(22-15-11-8-12-16-22)35(23-17-18-23)28(38)25(20-36)34-30(40)42-32(4,5)6/h7-16,23-26,36H,17-20H2,1-6H3,(H,33,37)(H,34,40). The maximum atomic E-state index is 14.1. The van der Waals surface area contributed by atoms with Crippen molar-refractivity contribution < 1.29 is 33.8 Å². The van der Waals surface area contributed by atoms with Crippen molar-refractivity contribution in [3.8, 4) is 0 Å². The third-order valence-electron chi connectivity index (χ3n) is 6.30. The first-order valence-corrected chi connectivity index (χ1v) is 14.2. The van der Waals surface area contributed by atoms with Crippen molar-refractivity contribution in [2.45, 2.75) is 96.2 Å². The Labute approximate surface area is 247 Å². The lowest BCUT2D eigenvalue weighted by atomic mass is 10.0. The summed E-state index contributed by atoms with van der Waals surface area (Å²) >= 11 is 0. The van der Waals surface area contributed by atoms with Gasteiger partial charge in [0, 0.05) is 12.5 Å². The van der Waals surface area contributed by atoms with Crippen molar-refractivity contribution in [2.75, 3.05) is 6.61 Å². The van der Waals surface area contributed by atoms with Gasteiger partial charge in [0.05, 0.1) is 6.61 Å². The maximum absolute atomic E-state index is 14.1. The summed E-state index contributed by atoms with van der Waals surface area (Å²) in [6.07, 6.45) is 0.609. The van der Waals surface area contributed by atoms with Crippen LogP contribution >= 0.6 is 0 Å². The molecule has 3 atom stereocenters. The van der Waals surface area contributed by atoms with Gasteiger partial charge in [0.2, 0.25) is 11.8 Å². The molecule has 0 saturated heterocycles. The minimum absolute atomic E-state index is 0.180. The number of nitrogens with zero attached hydrogens (tertiary/aromatic N) is 1. The maximum Gasteiger partial charge on any atom is 0.408 e. The highest BCUT2D eigenvalue weighted by Crippen LogP contribution is 2.35. The van der Waals surface area contributed by atoms with E-state index < -0.39 is 59.8 Å². The molecule has 3 unspecified atom stereocenters. The highest BCUT2D eigenvalue weighted by atomic mass is 16.6. The molecule has 0 aromatic heterocycles. The first kappa shape index (κ1) is 32.6. The third kappa shape index (κ3) is 9.87. The minimum Gasteiger partial charge on any atom is -0.458 e. The number of carbonyl (C=O) groups excluding carboxylic acids is 4. The van der Waals surface area contributed by atoms with Gasteiger partial charge in [0.1, 0.15) is 29.3 Å². The molecule has 10 heteroatoms. The molecule has 0 heterocycles. The quantitative estimate of drug-likeness (QED) is 0.345. The molecule has 228 valence electrons. The number of amides is 3. The molecule has 10 nitrogen and oxygen atoms in total. The van der Waals surface area contributed by atoms with Crippen LogP contribution in [0.4, 0.5) is 4.79 Å². The summed E-state index contributed by atoms with van der Waals surface area (Å²) in [6.45, 7) is 9.61. The van der Waals surface area contributed by atoms with Crippen molar-refractivity contribution in [3.05, 3.63) is 71.8 Å². The van der Waals surface area contributed by atoms with Gasteiger partial charge in [-0.2, -0.15) is 0 Å². The average Bonchev–Trinajstić information content (AvgIpc) is 3.74. The third-order valence-corrected chi connectivity index (χ3v) is 6.30. The second-order valence-electron chi connectivity index (χ2n) is 12.5.